The van der Waals surface area contributed by atoms with E-state index in [0.29, 0.717) is 35.8 Å². The topological polar surface area (TPSA) is 143 Å². The zero-order chi connectivity index (χ0) is 24.8. The molecule has 0 saturated carbocycles. The molecule has 0 fully saturated rings. The predicted octanol–water partition coefficient (Wildman–Crippen LogP) is 2.95. The molecule has 3 aromatic rings. The first-order valence-corrected chi connectivity index (χ1v) is 10.7. The van der Waals surface area contributed by atoms with Gasteiger partial charge in [-0.05, 0) is 18.6 Å². The lowest BCUT2D eigenvalue weighted by Gasteiger charge is -2.12. The smallest absolute Gasteiger partial charge is 0.269 e. The molecule has 3 rings (SSSR count). The van der Waals surface area contributed by atoms with Crippen LogP contribution in [-0.4, -0.2) is 40.0 Å². The van der Waals surface area contributed by atoms with Gasteiger partial charge in [0, 0.05) is 36.2 Å². The number of rotatable bonds is 8. The Labute approximate surface area is 196 Å². The number of pyridine rings is 1. The second kappa shape index (κ2) is 14.5. The van der Waals surface area contributed by atoms with Crippen LogP contribution in [0.3, 0.4) is 0 Å². The Morgan fingerprint density at radius 2 is 2.03 bits per heavy atom. The minimum atomic E-state index is -0.535. The van der Waals surface area contributed by atoms with E-state index in [1.165, 1.54) is 6.07 Å². The monoisotopic (exact) mass is 478 g/mol. The number of carbonyl (C=O) groups is 3. The summed E-state index contributed by atoms with van der Waals surface area (Å²) < 4.78 is 13.6. The summed E-state index contributed by atoms with van der Waals surface area (Å²) in [6.07, 6.45) is 4.30. The molecule has 0 bridgehead atoms. The van der Waals surface area contributed by atoms with Gasteiger partial charge in [-0.2, -0.15) is 5.10 Å². The summed E-state index contributed by atoms with van der Waals surface area (Å²) in [6, 6.07) is 6.35. The van der Waals surface area contributed by atoms with Gasteiger partial charge < -0.3 is 16.4 Å². The first-order chi connectivity index (χ1) is 15.8. The van der Waals surface area contributed by atoms with Gasteiger partial charge in [0.05, 0.1) is 16.7 Å². The molecular formula is C22H28ClFN6O3. The third-order valence-electron chi connectivity index (χ3n) is 4.33. The van der Waals surface area contributed by atoms with Crippen LogP contribution in [0, 0.1) is 11.7 Å². The molecule has 2 aromatic heterocycles. The lowest BCUT2D eigenvalue weighted by Crippen LogP contribution is -2.31. The number of carbonyl (C=O) groups excluding carboxylic acids is 3. The summed E-state index contributed by atoms with van der Waals surface area (Å²) in [4.78, 5) is 36.5. The van der Waals surface area contributed by atoms with Crippen LogP contribution in [0.4, 0.5) is 4.39 Å². The number of primary amides is 1. The molecule has 0 saturated heterocycles. The zero-order valence-corrected chi connectivity index (χ0v) is 19.4. The van der Waals surface area contributed by atoms with Crippen LogP contribution in [0.2, 0.25) is 5.02 Å². The van der Waals surface area contributed by atoms with Crippen LogP contribution >= 0.6 is 11.6 Å². The van der Waals surface area contributed by atoms with Gasteiger partial charge in [-0.15, -0.1) is 0 Å². The van der Waals surface area contributed by atoms with Crippen molar-refractivity contribution in [3.05, 3.63) is 58.8 Å². The quantitative estimate of drug-likeness (QED) is 0.291. The van der Waals surface area contributed by atoms with Crippen LogP contribution in [0.5, 0.6) is 0 Å². The number of amides is 3. The maximum atomic E-state index is 13.6. The van der Waals surface area contributed by atoms with Crippen LogP contribution in [0.15, 0.2) is 36.7 Å². The normalized spacial score (nSPS) is 10.7. The van der Waals surface area contributed by atoms with Crippen molar-refractivity contribution in [1.82, 2.24) is 25.8 Å². The van der Waals surface area contributed by atoms with Crippen molar-refractivity contribution >= 4 is 40.7 Å². The lowest BCUT2D eigenvalue weighted by atomic mass is 10.1. The number of nitrogens with zero attached hydrogens (tertiary/aromatic N) is 2. The highest BCUT2D eigenvalue weighted by Crippen LogP contribution is 2.17. The minimum Gasteiger partial charge on any atom is -0.364 e. The van der Waals surface area contributed by atoms with E-state index in [4.69, 9.17) is 17.3 Å². The Balaban J connectivity index is 0.000000331. The Morgan fingerprint density at radius 3 is 2.70 bits per heavy atom. The SMILES string of the molecule is CC.CC(CCNC=O)C(=O)NCc1cccc(Cl)c1F.NC(=O)c1n[nH]c2cnccc12. The number of H-pyrrole nitrogens is 1. The Hall–Kier alpha value is -3.53. The van der Waals surface area contributed by atoms with Crippen molar-refractivity contribution in [2.24, 2.45) is 11.7 Å². The number of nitrogens with two attached hydrogens (primary N) is 1. The van der Waals surface area contributed by atoms with Crippen molar-refractivity contribution < 1.29 is 18.8 Å². The number of nitrogens with one attached hydrogen (secondary N) is 3. The Bertz CT molecular complexity index is 1060. The molecule has 0 spiro atoms. The van der Waals surface area contributed by atoms with Crippen molar-refractivity contribution in [2.45, 2.75) is 33.7 Å². The molecule has 11 heteroatoms. The maximum Gasteiger partial charge on any atom is 0.269 e. The van der Waals surface area contributed by atoms with Gasteiger partial charge in [0.15, 0.2) is 5.69 Å². The molecule has 0 aliphatic carbocycles. The predicted molar refractivity (Wildman–Crippen MR) is 125 cm³/mol. The molecule has 2 heterocycles. The van der Waals surface area contributed by atoms with E-state index < -0.39 is 11.7 Å². The largest absolute Gasteiger partial charge is 0.364 e. The van der Waals surface area contributed by atoms with E-state index in [9.17, 15) is 18.8 Å². The highest BCUT2D eigenvalue weighted by molar-refractivity contribution is 6.30. The summed E-state index contributed by atoms with van der Waals surface area (Å²) in [5, 5.41) is 12.3. The second-order valence-corrected chi connectivity index (χ2v) is 6.96. The summed E-state index contributed by atoms with van der Waals surface area (Å²) in [6.45, 7) is 6.27. The molecule has 0 aliphatic rings. The van der Waals surface area contributed by atoms with E-state index in [2.05, 4.69) is 25.8 Å². The minimum absolute atomic E-state index is 0.0370. The molecule has 0 radical (unpaired) electrons. The van der Waals surface area contributed by atoms with Crippen molar-refractivity contribution in [3.8, 4) is 0 Å². The fraction of sp³-hybridized carbons (Fsp3) is 0.318. The fourth-order valence-corrected chi connectivity index (χ4v) is 2.78. The zero-order valence-electron chi connectivity index (χ0n) is 18.7. The average molecular weight is 479 g/mol. The summed E-state index contributed by atoms with van der Waals surface area (Å²) in [7, 11) is 0. The lowest BCUT2D eigenvalue weighted by molar-refractivity contribution is -0.125. The van der Waals surface area contributed by atoms with Crippen LogP contribution in [-0.2, 0) is 16.1 Å². The Kier molecular flexibility index (Phi) is 12.1. The summed E-state index contributed by atoms with van der Waals surface area (Å²) in [5.74, 6) is -1.49. The fourth-order valence-electron chi connectivity index (χ4n) is 2.59. The maximum absolute atomic E-state index is 13.6. The highest BCUT2D eigenvalue weighted by atomic mass is 35.5. The summed E-state index contributed by atoms with van der Waals surface area (Å²) >= 11 is 5.65. The highest BCUT2D eigenvalue weighted by Gasteiger charge is 2.13. The van der Waals surface area contributed by atoms with Crippen molar-refractivity contribution in [1.29, 1.82) is 0 Å². The molecule has 1 aromatic carbocycles. The average Bonchev–Trinajstić information content (AvgIpc) is 3.26. The van der Waals surface area contributed by atoms with E-state index in [1.54, 1.807) is 37.5 Å². The van der Waals surface area contributed by atoms with Crippen LogP contribution in [0.1, 0.15) is 43.2 Å². The van der Waals surface area contributed by atoms with Crippen LogP contribution in [0.25, 0.3) is 10.9 Å². The number of fused-ring (bicyclic) bond motifs is 1. The van der Waals surface area contributed by atoms with E-state index in [-0.39, 0.29) is 29.1 Å². The number of halogens is 2. The molecule has 9 nitrogen and oxygen atoms in total. The van der Waals surface area contributed by atoms with Gasteiger partial charge >= 0.3 is 0 Å². The Morgan fingerprint density at radius 1 is 1.30 bits per heavy atom. The molecule has 33 heavy (non-hydrogen) atoms. The molecule has 3 amide bonds. The third kappa shape index (κ3) is 8.49. The molecule has 5 N–H and O–H groups in total. The van der Waals surface area contributed by atoms with Gasteiger partial charge in [0.1, 0.15) is 5.82 Å². The third-order valence-corrected chi connectivity index (χ3v) is 4.63. The van der Waals surface area contributed by atoms with Gasteiger partial charge in [-0.3, -0.25) is 24.5 Å². The first kappa shape index (κ1) is 27.5. The number of hydrogen-bond donors (Lipinski definition) is 4. The molecule has 1 atom stereocenters. The second-order valence-electron chi connectivity index (χ2n) is 6.55. The van der Waals surface area contributed by atoms with Crippen molar-refractivity contribution in [2.75, 3.05) is 6.54 Å². The molecular weight excluding hydrogens is 451 g/mol. The molecule has 1 unspecified atom stereocenters. The standard InChI is InChI=1S/C13H16ClFN2O2.C7H6N4O.C2H6/c1-9(5-6-16-8-18)13(19)17-7-10-3-2-4-11(14)12(10)15;8-7(12)6-4-1-2-9-3-5(4)10-11-6;1-2/h2-4,8-9H,5-7H2,1H3,(H,16,18)(H,17,19);1-3H,(H2,8,12)(H,10,11);1-2H3. The number of hydrogen-bond acceptors (Lipinski definition) is 5. The van der Waals surface area contributed by atoms with Gasteiger partial charge in [0.25, 0.3) is 5.91 Å². The number of aromatic amines is 1. The number of benzene rings is 1. The van der Waals surface area contributed by atoms with Crippen molar-refractivity contribution in [3.63, 3.8) is 0 Å². The number of aromatic nitrogens is 3. The van der Waals surface area contributed by atoms with Gasteiger partial charge in [-0.1, -0.05) is 44.5 Å². The summed E-state index contributed by atoms with van der Waals surface area (Å²) in [5.41, 5.74) is 6.40. The van der Waals surface area contributed by atoms with Crippen LogP contribution < -0.4 is 16.4 Å². The van der Waals surface area contributed by atoms with E-state index >= 15 is 0 Å². The van der Waals surface area contributed by atoms with E-state index in [0.717, 1.165) is 0 Å². The van der Waals surface area contributed by atoms with Gasteiger partial charge in [-0.25, -0.2) is 4.39 Å². The van der Waals surface area contributed by atoms with E-state index in [1.807, 2.05) is 13.8 Å². The van der Waals surface area contributed by atoms with Gasteiger partial charge in [0.2, 0.25) is 12.3 Å². The molecule has 0 aliphatic heterocycles. The molecule has 178 valence electrons. The first-order valence-electron chi connectivity index (χ1n) is 10.3.